The Hall–Kier alpha value is -2.22. The first-order valence-corrected chi connectivity index (χ1v) is 13.8. The maximum atomic E-state index is 11.4. The standard InChI is InChI=1S/C20H22N3O7P3/c24-20(28-17-10-4-1-5-11-17)16-27-23-31-21-32(25,29-18-12-6-2-7-13-18)22-33(23,26)30-19-14-8-3-9-15-19/h1-15,20,22,24-26H,16H2/q+2. The highest BCUT2D eigenvalue weighted by Gasteiger charge is 2.68. The molecule has 0 aliphatic carbocycles. The van der Waals surface area contributed by atoms with Gasteiger partial charge in [-0.3, -0.25) is 9.05 Å². The van der Waals surface area contributed by atoms with Crippen molar-refractivity contribution in [2.75, 3.05) is 6.61 Å². The van der Waals surface area contributed by atoms with Gasteiger partial charge < -0.3 is 9.84 Å². The van der Waals surface area contributed by atoms with Crippen LogP contribution in [0.25, 0.3) is 0 Å². The van der Waals surface area contributed by atoms with Crippen LogP contribution in [0.4, 0.5) is 0 Å². The normalized spacial score (nSPS) is 24.1. The topological polar surface area (TPSA) is 125 Å². The Labute approximate surface area is 193 Å². The van der Waals surface area contributed by atoms with Gasteiger partial charge in [-0.2, -0.15) is 9.79 Å². The molecule has 1 aliphatic rings. The summed E-state index contributed by atoms with van der Waals surface area (Å²) >= 11 is 0. The number of nitrogens with one attached hydrogen (secondary N) is 1. The van der Waals surface area contributed by atoms with Crippen LogP contribution in [-0.4, -0.2) is 32.4 Å². The number of nitrogens with zero attached hydrogens (tertiary/aromatic N) is 2. The van der Waals surface area contributed by atoms with Crippen molar-refractivity contribution in [3.05, 3.63) is 91.0 Å². The van der Waals surface area contributed by atoms with E-state index < -0.39 is 22.3 Å². The third-order valence-corrected chi connectivity index (χ3v) is 10.2. The molecule has 10 nitrogen and oxygen atoms in total. The molecule has 0 saturated heterocycles. The molecule has 4 rings (SSSR count). The van der Waals surface area contributed by atoms with E-state index in [1.165, 1.54) is 0 Å². The van der Waals surface area contributed by atoms with Crippen LogP contribution in [0.3, 0.4) is 0 Å². The lowest BCUT2D eigenvalue weighted by molar-refractivity contribution is -0.128. The predicted molar refractivity (Wildman–Crippen MR) is 126 cm³/mol. The third kappa shape index (κ3) is 6.65. The fraction of sp³-hybridized carbons (Fsp3) is 0.100. The molecule has 0 radical (unpaired) electrons. The lowest BCUT2D eigenvalue weighted by Crippen LogP contribution is -2.36. The van der Waals surface area contributed by atoms with Gasteiger partial charge in [-0.05, 0) is 36.4 Å². The van der Waals surface area contributed by atoms with Crippen LogP contribution in [0.15, 0.2) is 95.5 Å². The first-order valence-electron chi connectivity index (χ1n) is 9.73. The van der Waals surface area contributed by atoms with Crippen LogP contribution in [0.1, 0.15) is 0 Å². The van der Waals surface area contributed by atoms with E-state index >= 15 is 0 Å². The highest BCUT2D eigenvalue weighted by Crippen LogP contribution is 2.74. The highest BCUT2D eigenvalue weighted by atomic mass is 31.3. The Morgan fingerprint density at radius 2 is 1.33 bits per heavy atom. The molecule has 13 heteroatoms. The smallest absolute Gasteiger partial charge is 0.463 e. The molecule has 0 bridgehead atoms. The summed E-state index contributed by atoms with van der Waals surface area (Å²) in [5, 5.41) is 10.2. The minimum absolute atomic E-state index is 0.0209. The molecule has 4 N–H and O–H groups in total. The number of aliphatic hydroxyl groups excluding tert-OH is 1. The molecule has 0 amide bonds. The summed E-state index contributed by atoms with van der Waals surface area (Å²) in [6, 6.07) is 25.9. The van der Waals surface area contributed by atoms with Gasteiger partial charge in [0, 0.05) is 4.52 Å². The van der Waals surface area contributed by atoms with Crippen LogP contribution >= 0.6 is 24.6 Å². The van der Waals surface area contributed by atoms with Crippen LogP contribution in [0, 0.1) is 0 Å². The molecule has 0 fully saturated rings. The molecule has 3 unspecified atom stereocenters. The summed E-state index contributed by atoms with van der Waals surface area (Å²) in [5.41, 5.74) is 0. The Bertz CT molecular complexity index is 1050. The third-order valence-electron chi connectivity index (χ3n) is 4.03. The lowest BCUT2D eigenvalue weighted by Gasteiger charge is -2.27. The molecule has 33 heavy (non-hydrogen) atoms. The number of rotatable bonds is 9. The number of aliphatic hydroxyl groups is 1. The molecule has 172 valence electrons. The van der Waals surface area contributed by atoms with Crippen LogP contribution in [-0.2, 0) is 4.84 Å². The second kappa shape index (κ2) is 10.8. The Morgan fingerprint density at radius 1 is 0.818 bits per heavy atom. The molecule has 1 heterocycles. The fourth-order valence-electron chi connectivity index (χ4n) is 2.65. The zero-order valence-electron chi connectivity index (χ0n) is 17.2. The summed E-state index contributed by atoms with van der Waals surface area (Å²) in [4.78, 5) is 30.5. The van der Waals surface area contributed by atoms with E-state index in [1.54, 1.807) is 84.9 Å². The molecule has 0 aromatic heterocycles. The van der Waals surface area contributed by atoms with Crippen molar-refractivity contribution in [2.24, 2.45) is 4.52 Å². The van der Waals surface area contributed by atoms with Gasteiger partial charge in [-0.1, -0.05) is 54.6 Å². The first-order chi connectivity index (χ1) is 15.9. The number of ether oxygens (including phenoxy) is 1. The van der Waals surface area contributed by atoms with Gasteiger partial charge in [0.15, 0.2) is 11.5 Å². The van der Waals surface area contributed by atoms with Crippen molar-refractivity contribution in [3.63, 3.8) is 0 Å². The molecular weight excluding hydrogens is 487 g/mol. The summed E-state index contributed by atoms with van der Waals surface area (Å²) in [6.45, 7) is -0.337. The highest BCUT2D eigenvalue weighted by molar-refractivity contribution is 7.83. The summed E-state index contributed by atoms with van der Waals surface area (Å²) in [6.07, 6.45) is -1.33. The summed E-state index contributed by atoms with van der Waals surface area (Å²) in [7, 11) is -7.47. The average Bonchev–Trinajstić information content (AvgIpc) is 2.80. The molecular formula is C20H22N3O7P3+2. The second-order valence-corrected chi connectivity index (χ2v) is 11.9. The molecule has 3 aromatic carbocycles. The van der Waals surface area contributed by atoms with Crippen molar-refractivity contribution in [3.8, 4) is 17.2 Å². The largest absolute Gasteiger partial charge is 0.568 e. The quantitative estimate of drug-likeness (QED) is 0.239. The lowest BCUT2D eigenvalue weighted by atomic mass is 10.3. The number of benzene rings is 3. The monoisotopic (exact) mass is 509 g/mol. The predicted octanol–water partition coefficient (Wildman–Crippen LogP) is 4.76. The van der Waals surface area contributed by atoms with E-state index in [4.69, 9.17) is 18.6 Å². The van der Waals surface area contributed by atoms with E-state index in [-0.39, 0.29) is 15.1 Å². The van der Waals surface area contributed by atoms with Gasteiger partial charge in [0.25, 0.3) is 0 Å². The van der Waals surface area contributed by atoms with Gasteiger partial charge in [-0.15, -0.1) is 0 Å². The van der Waals surface area contributed by atoms with E-state index in [9.17, 15) is 14.9 Å². The zero-order chi connectivity index (χ0) is 23.2. The minimum atomic E-state index is -3.83. The SMILES string of the molecule is OC(CON1P=N[P+](O)(Oc2ccccc2)N[P+]1(O)Oc1ccccc1)Oc1ccccc1. The first kappa shape index (κ1) is 23.9. The van der Waals surface area contributed by atoms with Crippen LogP contribution < -0.4 is 18.6 Å². The van der Waals surface area contributed by atoms with Crippen molar-refractivity contribution in [1.82, 2.24) is 9.46 Å². The van der Waals surface area contributed by atoms with Crippen molar-refractivity contribution in [1.29, 1.82) is 0 Å². The summed E-state index contributed by atoms with van der Waals surface area (Å²) in [5.74, 6) is 1.15. The molecule has 3 atom stereocenters. The maximum Gasteiger partial charge on any atom is 0.568 e. The fourth-order valence-corrected chi connectivity index (χ4v) is 8.48. The van der Waals surface area contributed by atoms with E-state index in [2.05, 4.69) is 9.37 Å². The number of para-hydroxylation sites is 3. The van der Waals surface area contributed by atoms with Crippen molar-refractivity contribution in [2.45, 2.75) is 6.29 Å². The zero-order valence-corrected chi connectivity index (χ0v) is 19.8. The van der Waals surface area contributed by atoms with Gasteiger partial charge in [-0.25, -0.2) is 4.84 Å². The Balaban J connectivity index is 1.50. The second-order valence-electron chi connectivity index (χ2n) is 6.61. The van der Waals surface area contributed by atoms with Crippen molar-refractivity contribution < 1.29 is 33.5 Å². The molecule has 3 aromatic rings. The molecule has 0 spiro atoms. The maximum absolute atomic E-state index is 11.4. The minimum Gasteiger partial charge on any atom is -0.463 e. The van der Waals surface area contributed by atoms with Gasteiger partial charge in [0.1, 0.15) is 12.4 Å². The average molecular weight is 509 g/mol. The Kier molecular flexibility index (Phi) is 7.83. The van der Waals surface area contributed by atoms with Crippen LogP contribution in [0.2, 0.25) is 0 Å². The molecule has 0 saturated carbocycles. The van der Waals surface area contributed by atoms with Crippen molar-refractivity contribution >= 4 is 24.6 Å². The Morgan fingerprint density at radius 3 is 1.91 bits per heavy atom. The number of hydrogen-bond acceptors (Lipinski definition) is 10. The van der Waals surface area contributed by atoms with Crippen LogP contribution in [0.5, 0.6) is 17.2 Å². The van der Waals surface area contributed by atoms with E-state index in [0.717, 1.165) is 4.60 Å². The summed E-state index contributed by atoms with van der Waals surface area (Å²) < 4.78 is 21.9. The van der Waals surface area contributed by atoms with Gasteiger partial charge in [0.05, 0.1) is 9.46 Å². The molecule has 1 aliphatic heterocycles. The van der Waals surface area contributed by atoms with E-state index in [1.807, 2.05) is 6.07 Å². The van der Waals surface area contributed by atoms with Gasteiger partial charge >= 0.3 is 16.0 Å². The van der Waals surface area contributed by atoms with Gasteiger partial charge in [0.2, 0.25) is 14.8 Å². The number of hydrogen-bond donors (Lipinski definition) is 4. The van der Waals surface area contributed by atoms with E-state index in [0.29, 0.717) is 17.2 Å².